The van der Waals surface area contributed by atoms with Gasteiger partial charge in [-0.15, -0.1) is 11.3 Å². The fourth-order valence-electron chi connectivity index (χ4n) is 8.11. The molecule has 0 bridgehead atoms. The fourth-order valence-corrected chi connectivity index (χ4v) is 9.40. The van der Waals surface area contributed by atoms with E-state index in [0.29, 0.717) is 17.5 Å². The molecule has 0 N–H and O–H groups in total. The molecule has 0 saturated heterocycles. The van der Waals surface area contributed by atoms with Crippen LogP contribution in [0.4, 0.5) is 0 Å². The zero-order valence-electron chi connectivity index (χ0n) is 29.6. The normalized spacial score (nSPS) is 11.6. The Morgan fingerprint density at radius 3 is 1.42 bits per heavy atom. The first-order chi connectivity index (χ1) is 27.3. The highest BCUT2D eigenvalue weighted by Gasteiger charge is 2.22. The summed E-state index contributed by atoms with van der Waals surface area (Å²) in [6, 6.07) is 66.7. The summed E-state index contributed by atoms with van der Waals surface area (Å²) in [5.74, 6) is 1.96. The van der Waals surface area contributed by atoms with Crippen molar-refractivity contribution in [1.29, 1.82) is 0 Å². The van der Waals surface area contributed by atoms with Gasteiger partial charge in [0.05, 0.1) is 0 Å². The van der Waals surface area contributed by atoms with Crippen LogP contribution in [0, 0.1) is 0 Å². The molecule has 0 saturated carbocycles. The summed E-state index contributed by atoms with van der Waals surface area (Å²) in [4.78, 5) is 15.7. The Kier molecular flexibility index (Phi) is 7.35. The fraction of sp³-hybridized carbons (Fsp3) is 0. The topological polar surface area (TPSA) is 38.7 Å². The largest absolute Gasteiger partial charge is 0.208 e. The van der Waals surface area contributed by atoms with Crippen molar-refractivity contribution in [2.75, 3.05) is 0 Å². The molecule has 0 unspecified atom stereocenters. The molecule has 0 fully saturated rings. The van der Waals surface area contributed by atoms with Gasteiger partial charge in [0.15, 0.2) is 17.5 Å². The predicted molar refractivity (Wildman–Crippen MR) is 232 cm³/mol. The number of hydrogen-bond donors (Lipinski definition) is 0. The van der Waals surface area contributed by atoms with E-state index >= 15 is 0 Å². The molecule has 2 heterocycles. The number of thiophene rings is 1. The zero-order chi connectivity index (χ0) is 36.3. The lowest BCUT2D eigenvalue weighted by Crippen LogP contribution is -2.00. The van der Waals surface area contributed by atoms with Crippen molar-refractivity contribution in [2.24, 2.45) is 0 Å². The molecule has 0 aliphatic heterocycles. The monoisotopic (exact) mass is 717 g/mol. The molecule has 0 radical (unpaired) electrons. The average Bonchev–Trinajstić information content (AvgIpc) is 3.66. The number of aromatic nitrogens is 3. The molecule has 0 spiro atoms. The van der Waals surface area contributed by atoms with Gasteiger partial charge in [0.2, 0.25) is 0 Å². The Morgan fingerprint density at radius 2 is 0.745 bits per heavy atom. The molecule has 0 aliphatic carbocycles. The standard InChI is InChI=1S/C51H31N3S/c1-3-14-32(15-4-1)36-18-13-19-37(30-36)33-26-28-35(29-27-33)50-52-49(34-16-5-2-6-17-34)53-51(54-50)44-31-43-40-22-8-7-20-38(40)39-21-9-10-23-41(39)46(43)48-47(44)42-24-11-12-25-45(42)55-48/h1-31H. The van der Waals surface area contributed by atoms with E-state index < -0.39 is 0 Å². The molecule has 0 atom stereocenters. The van der Waals surface area contributed by atoms with Crippen molar-refractivity contribution >= 4 is 63.8 Å². The SMILES string of the molecule is c1ccc(-c2cccc(-c3ccc(-c4nc(-c5ccccc5)nc(-c5cc6c7ccccc7c7ccccc7c6c6sc7ccccc7c56)n4)cc3)c2)cc1. The summed E-state index contributed by atoms with van der Waals surface area (Å²) < 4.78 is 2.49. The molecule has 2 aromatic heterocycles. The maximum Gasteiger partial charge on any atom is 0.164 e. The molecule has 0 aliphatic rings. The number of rotatable bonds is 5. The van der Waals surface area contributed by atoms with Crippen LogP contribution in [0.2, 0.25) is 0 Å². The van der Waals surface area contributed by atoms with E-state index in [1.54, 1.807) is 0 Å². The smallest absolute Gasteiger partial charge is 0.164 e. The second kappa shape index (κ2) is 12.8. The van der Waals surface area contributed by atoms with Crippen molar-refractivity contribution < 1.29 is 0 Å². The van der Waals surface area contributed by atoms with Crippen molar-refractivity contribution in [3.05, 3.63) is 188 Å². The Morgan fingerprint density at radius 1 is 0.291 bits per heavy atom. The summed E-state index contributed by atoms with van der Waals surface area (Å²) in [7, 11) is 0. The molecule has 9 aromatic carbocycles. The first-order valence-corrected chi connectivity index (χ1v) is 19.3. The van der Waals surface area contributed by atoms with Gasteiger partial charge in [-0.1, -0.05) is 170 Å². The Hall–Kier alpha value is -7.01. The predicted octanol–water partition coefficient (Wildman–Crippen LogP) is 14.0. The van der Waals surface area contributed by atoms with E-state index in [0.717, 1.165) is 27.8 Å². The number of benzene rings is 9. The zero-order valence-corrected chi connectivity index (χ0v) is 30.5. The molecule has 55 heavy (non-hydrogen) atoms. The maximum atomic E-state index is 5.32. The van der Waals surface area contributed by atoms with Crippen LogP contribution in [0.5, 0.6) is 0 Å². The maximum absolute atomic E-state index is 5.32. The summed E-state index contributed by atoms with van der Waals surface area (Å²) in [6.45, 7) is 0. The highest BCUT2D eigenvalue weighted by atomic mass is 32.1. The molecule has 256 valence electrons. The van der Waals surface area contributed by atoms with Gasteiger partial charge >= 0.3 is 0 Å². The third kappa shape index (κ3) is 5.30. The second-order valence-electron chi connectivity index (χ2n) is 13.9. The van der Waals surface area contributed by atoms with Gasteiger partial charge in [0, 0.05) is 42.2 Å². The van der Waals surface area contributed by atoms with E-state index in [-0.39, 0.29) is 0 Å². The Bertz CT molecular complexity index is 3240. The molecule has 11 aromatic rings. The van der Waals surface area contributed by atoms with Crippen LogP contribution < -0.4 is 0 Å². The van der Waals surface area contributed by atoms with Crippen LogP contribution in [-0.4, -0.2) is 15.0 Å². The molecule has 0 amide bonds. The molecule has 3 nitrogen and oxygen atoms in total. The van der Waals surface area contributed by atoms with E-state index in [9.17, 15) is 0 Å². The van der Waals surface area contributed by atoms with E-state index in [1.807, 2.05) is 29.5 Å². The van der Waals surface area contributed by atoms with Gasteiger partial charge < -0.3 is 0 Å². The van der Waals surface area contributed by atoms with Gasteiger partial charge in [0.25, 0.3) is 0 Å². The van der Waals surface area contributed by atoms with Crippen LogP contribution in [0.25, 0.3) is 109 Å². The van der Waals surface area contributed by atoms with Gasteiger partial charge in [-0.2, -0.15) is 0 Å². The van der Waals surface area contributed by atoms with Gasteiger partial charge in [0.1, 0.15) is 0 Å². The summed E-state index contributed by atoms with van der Waals surface area (Å²) >= 11 is 1.85. The van der Waals surface area contributed by atoms with Gasteiger partial charge in [-0.3, -0.25) is 0 Å². The lowest BCUT2D eigenvalue weighted by atomic mass is 9.91. The summed E-state index contributed by atoms with van der Waals surface area (Å²) in [5, 5.41) is 9.86. The van der Waals surface area contributed by atoms with E-state index in [1.165, 1.54) is 63.6 Å². The number of nitrogens with zero attached hydrogens (tertiary/aromatic N) is 3. The second-order valence-corrected chi connectivity index (χ2v) is 15.0. The first kappa shape index (κ1) is 31.5. The minimum Gasteiger partial charge on any atom is -0.208 e. The molecular formula is C51H31N3S. The average molecular weight is 718 g/mol. The minimum atomic E-state index is 0.643. The van der Waals surface area contributed by atoms with Crippen molar-refractivity contribution in [3.63, 3.8) is 0 Å². The lowest BCUT2D eigenvalue weighted by Gasteiger charge is -2.15. The quantitative estimate of drug-likeness (QED) is 0.166. The van der Waals surface area contributed by atoms with Crippen LogP contribution in [-0.2, 0) is 0 Å². The molecule has 4 heteroatoms. The van der Waals surface area contributed by atoms with Crippen LogP contribution in [0.15, 0.2) is 188 Å². The van der Waals surface area contributed by atoms with Crippen molar-refractivity contribution in [1.82, 2.24) is 15.0 Å². The lowest BCUT2D eigenvalue weighted by molar-refractivity contribution is 1.08. The Balaban J connectivity index is 1.15. The molecular weight excluding hydrogens is 687 g/mol. The Labute approximate surface area is 321 Å². The first-order valence-electron chi connectivity index (χ1n) is 18.5. The highest BCUT2D eigenvalue weighted by Crippen LogP contribution is 2.48. The highest BCUT2D eigenvalue weighted by molar-refractivity contribution is 7.27. The van der Waals surface area contributed by atoms with Crippen LogP contribution in [0.3, 0.4) is 0 Å². The third-order valence-electron chi connectivity index (χ3n) is 10.7. The van der Waals surface area contributed by atoms with Crippen LogP contribution in [0.1, 0.15) is 0 Å². The van der Waals surface area contributed by atoms with Crippen molar-refractivity contribution in [3.8, 4) is 56.4 Å². The van der Waals surface area contributed by atoms with E-state index in [4.69, 9.17) is 15.0 Å². The molecule has 11 rings (SSSR count). The van der Waals surface area contributed by atoms with Gasteiger partial charge in [-0.05, 0) is 67.4 Å². The summed E-state index contributed by atoms with van der Waals surface area (Å²) in [6.07, 6.45) is 0. The summed E-state index contributed by atoms with van der Waals surface area (Å²) in [5.41, 5.74) is 7.60. The van der Waals surface area contributed by atoms with Gasteiger partial charge in [-0.25, -0.2) is 15.0 Å². The number of fused-ring (bicyclic) bond motifs is 10. The minimum absolute atomic E-state index is 0.643. The van der Waals surface area contributed by atoms with E-state index in [2.05, 4.69) is 170 Å². The number of hydrogen-bond acceptors (Lipinski definition) is 4. The third-order valence-corrected chi connectivity index (χ3v) is 11.9. The van der Waals surface area contributed by atoms with Crippen LogP contribution >= 0.6 is 11.3 Å². The van der Waals surface area contributed by atoms with Crippen molar-refractivity contribution in [2.45, 2.75) is 0 Å².